The van der Waals surface area contributed by atoms with Crippen LogP contribution in [0, 0.1) is 0 Å². The predicted octanol–water partition coefficient (Wildman–Crippen LogP) is 3.96. The Balaban J connectivity index is 2.08. The van der Waals surface area contributed by atoms with E-state index >= 15 is 0 Å². The third-order valence-corrected chi connectivity index (χ3v) is 3.42. The van der Waals surface area contributed by atoms with Crippen molar-refractivity contribution < 1.29 is 19.4 Å². The molecule has 1 rings (SSSR count). The quantitative estimate of drug-likeness (QED) is 0.381. The summed E-state index contributed by atoms with van der Waals surface area (Å²) >= 11 is 0. The van der Waals surface area contributed by atoms with Crippen LogP contribution >= 0.6 is 0 Å². The van der Waals surface area contributed by atoms with Gasteiger partial charge in [-0.3, -0.25) is 9.59 Å². The van der Waals surface area contributed by atoms with Crippen LogP contribution in [0.15, 0.2) is 36.4 Å². The lowest BCUT2D eigenvalue weighted by Crippen LogP contribution is -2.07. The average Bonchev–Trinajstić information content (AvgIpc) is 2.54. The molecule has 0 heterocycles. The third kappa shape index (κ3) is 9.51. The van der Waals surface area contributed by atoms with Crippen molar-refractivity contribution in [2.24, 2.45) is 0 Å². The maximum atomic E-state index is 11.8. The molecule has 0 radical (unpaired) electrons. The molecule has 0 aliphatic carbocycles. The maximum absolute atomic E-state index is 11.8. The number of hydrogen-bond donors (Lipinski definition) is 1. The highest BCUT2D eigenvalue weighted by Gasteiger charge is 2.07. The molecule has 0 amide bonds. The SMILES string of the molecule is CCC=CCCOC(=O)CCCC(=O)CCc1ccc(O)cc1. The highest BCUT2D eigenvalue weighted by Crippen LogP contribution is 2.12. The van der Waals surface area contributed by atoms with E-state index in [1.54, 1.807) is 12.1 Å². The number of hydrogen-bond acceptors (Lipinski definition) is 4. The number of aromatic hydroxyl groups is 1. The number of aryl methyl sites for hydroxylation is 1. The van der Waals surface area contributed by atoms with Crippen LogP contribution in [0.5, 0.6) is 5.75 Å². The van der Waals surface area contributed by atoms with Gasteiger partial charge in [-0.15, -0.1) is 0 Å². The summed E-state index contributed by atoms with van der Waals surface area (Å²) in [5.74, 6) is 0.141. The number of phenolic OH excluding ortho intramolecular Hbond substituents is 1. The summed E-state index contributed by atoms with van der Waals surface area (Å²) in [6.07, 6.45) is 8.13. The Morgan fingerprint density at radius 2 is 1.83 bits per heavy atom. The van der Waals surface area contributed by atoms with E-state index < -0.39 is 0 Å². The Morgan fingerprint density at radius 1 is 1.09 bits per heavy atom. The van der Waals surface area contributed by atoms with Crippen molar-refractivity contribution in [3.63, 3.8) is 0 Å². The van der Waals surface area contributed by atoms with Gasteiger partial charge in [0.15, 0.2) is 0 Å². The fourth-order valence-electron chi connectivity index (χ4n) is 2.10. The molecule has 0 unspecified atom stereocenters. The van der Waals surface area contributed by atoms with Crippen molar-refractivity contribution in [1.29, 1.82) is 0 Å². The summed E-state index contributed by atoms with van der Waals surface area (Å²) < 4.78 is 5.09. The van der Waals surface area contributed by atoms with Crippen molar-refractivity contribution >= 4 is 11.8 Å². The lowest BCUT2D eigenvalue weighted by Gasteiger charge is -2.04. The molecule has 126 valence electrons. The van der Waals surface area contributed by atoms with Crippen molar-refractivity contribution in [3.05, 3.63) is 42.0 Å². The molecule has 23 heavy (non-hydrogen) atoms. The highest BCUT2D eigenvalue weighted by molar-refractivity contribution is 5.79. The summed E-state index contributed by atoms with van der Waals surface area (Å²) in [6.45, 7) is 2.46. The monoisotopic (exact) mass is 318 g/mol. The molecule has 1 N–H and O–H groups in total. The third-order valence-electron chi connectivity index (χ3n) is 3.42. The summed E-state index contributed by atoms with van der Waals surface area (Å²) in [5, 5.41) is 9.19. The zero-order valence-corrected chi connectivity index (χ0v) is 13.8. The molecule has 0 saturated heterocycles. The molecule has 0 atom stereocenters. The lowest BCUT2D eigenvalue weighted by atomic mass is 10.0. The molecule has 0 aliphatic heterocycles. The van der Waals surface area contributed by atoms with Gasteiger partial charge < -0.3 is 9.84 Å². The normalized spacial score (nSPS) is 10.8. The minimum atomic E-state index is -0.235. The molecule has 4 heteroatoms. The number of carbonyl (C=O) groups is 2. The largest absolute Gasteiger partial charge is 0.508 e. The van der Waals surface area contributed by atoms with Crippen molar-refractivity contribution in [2.75, 3.05) is 6.61 Å². The zero-order valence-electron chi connectivity index (χ0n) is 13.8. The van der Waals surface area contributed by atoms with Crippen molar-refractivity contribution in [1.82, 2.24) is 0 Å². The van der Waals surface area contributed by atoms with Gasteiger partial charge in [-0.2, -0.15) is 0 Å². The topological polar surface area (TPSA) is 63.6 Å². The number of esters is 1. The van der Waals surface area contributed by atoms with E-state index in [-0.39, 0.29) is 17.5 Å². The van der Waals surface area contributed by atoms with Gasteiger partial charge in [0, 0.05) is 19.3 Å². The van der Waals surface area contributed by atoms with Crippen molar-refractivity contribution in [2.45, 2.75) is 51.9 Å². The minimum absolute atomic E-state index is 0.150. The molecular weight excluding hydrogens is 292 g/mol. The molecule has 4 nitrogen and oxygen atoms in total. The Labute approximate surface area is 138 Å². The summed E-state index contributed by atoms with van der Waals surface area (Å²) in [7, 11) is 0. The first kappa shape index (κ1) is 18.9. The van der Waals surface area contributed by atoms with E-state index in [0.717, 1.165) is 18.4 Å². The molecule has 1 aromatic carbocycles. The van der Waals surface area contributed by atoms with Crippen LogP contribution in [0.3, 0.4) is 0 Å². The molecular formula is C19H26O4. The number of carbonyl (C=O) groups excluding carboxylic acids is 2. The van der Waals surface area contributed by atoms with Crippen LogP contribution in [-0.2, 0) is 20.7 Å². The molecule has 1 aromatic rings. The number of rotatable bonds is 11. The molecule has 0 spiro atoms. The van der Waals surface area contributed by atoms with E-state index in [4.69, 9.17) is 4.74 Å². The first-order chi connectivity index (χ1) is 11.1. The number of ether oxygens (including phenoxy) is 1. The zero-order chi connectivity index (χ0) is 16.9. The van der Waals surface area contributed by atoms with Gasteiger partial charge in [0.25, 0.3) is 0 Å². The van der Waals surface area contributed by atoms with Crippen LogP contribution in [0.2, 0.25) is 0 Å². The van der Waals surface area contributed by atoms with E-state index in [1.165, 1.54) is 0 Å². The second-order valence-corrected chi connectivity index (χ2v) is 5.45. The minimum Gasteiger partial charge on any atom is -0.508 e. The van der Waals surface area contributed by atoms with Crippen LogP contribution in [-0.4, -0.2) is 23.5 Å². The molecule has 0 aliphatic rings. The number of allylic oxidation sites excluding steroid dienone is 1. The Hall–Kier alpha value is -2.10. The molecule has 0 saturated carbocycles. The highest BCUT2D eigenvalue weighted by atomic mass is 16.5. The number of ketones is 1. The predicted molar refractivity (Wildman–Crippen MR) is 90.3 cm³/mol. The summed E-state index contributed by atoms with van der Waals surface area (Å²) in [6, 6.07) is 6.86. The van der Waals surface area contributed by atoms with E-state index in [2.05, 4.69) is 6.92 Å². The smallest absolute Gasteiger partial charge is 0.305 e. The van der Waals surface area contributed by atoms with E-state index in [9.17, 15) is 14.7 Å². The van der Waals surface area contributed by atoms with Crippen LogP contribution in [0.25, 0.3) is 0 Å². The van der Waals surface area contributed by atoms with E-state index in [1.807, 2.05) is 24.3 Å². The summed E-state index contributed by atoms with van der Waals surface area (Å²) in [4.78, 5) is 23.3. The standard InChI is InChI=1S/C19H26O4/c1-2-3-4-5-15-23-19(22)8-6-7-17(20)12-9-16-10-13-18(21)14-11-16/h3-4,10-11,13-14,21H,2,5-9,12,15H2,1H3. The second kappa shape index (κ2) is 11.5. The number of phenols is 1. The van der Waals surface area contributed by atoms with Crippen molar-refractivity contribution in [3.8, 4) is 5.75 Å². The average molecular weight is 318 g/mol. The Kier molecular flexibility index (Phi) is 9.45. The Morgan fingerprint density at radius 3 is 2.52 bits per heavy atom. The molecule has 0 bridgehead atoms. The maximum Gasteiger partial charge on any atom is 0.305 e. The van der Waals surface area contributed by atoms with Gasteiger partial charge in [-0.05, 0) is 43.4 Å². The number of benzene rings is 1. The van der Waals surface area contributed by atoms with Gasteiger partial charge in [0.05, 0.1) is 6.61 Å². The fourth-order valence-corrected chi connectivity index (χ4v) is 2.10. The molecule has 0 aromatic heterocycles. The van der Waals surface area contributed by atoms with Crippen LogP contribution in [0.4, 0.5) is 0 Å². The van der Waals surface area contributed by atoms with Gasteiger partial charge in [-0.25, -0.2) is 0 Å². The van der Waals surface area contributed by atoms with Gasteiger partial charge in [-0.1, -0.05) is 31.2 Å². The van der Waals surface area contributed by atoms with E-state index in [0.29, 0.717) is 38.7 Å². The van der Waals surface area contributed by atoms with Crippen LogP contribution in [0.1, 0.15) is 51.0 Å². The van der Waals surface area contributed by atoms with Crippen LogP contribution < -0.4 is 0 Å². The first-order valence-corrected chi connectivity index (χ1v) is 8.22. The summed E-state index contributed by atoms with van der Waals surface area (Å²) in [5.41, 5.74) is 1.02. The van der Waals surface area contributed by atoms with Gasteiger partial charge in [0.1, 0.15) is 11.5 Å². The lowest BCUT2D eigenvalue weighted by molar-refractivity contribution is -0.143. The second-order valence-electron chi connectivity index (χ2n) is 5.45. The van der Waals surface area contributed by atoms with Gasteiger partial charge in [0.2, 0.25) is 0 Å². The molecule has 0 fully saturated rings. The fraction of sp³-hybridized carbons (Fsp3) is 0.474. The van der Waals surface area contributed by atoms with Gasteiger partial charge >= 0.3 is 5.97 Å². The Bertz CT molecular complexity index is 503. The first-order valence-electron chi connectivity index (χ1n) is 8.22. The number of Topliss-reactive ketones (excluding diaryl/α,β-unsaturated/α-hetero) is 1.